The van der Waals surface area contributed by atoms with E-state index in [0.717, 1.165) is 31.6 Å². The Labute approximate surface area is 112 Å². The fraction of sp³-hybridized carbons (Fsp3) is 0.500. The average Bonchev–Trinajstić information content (AvgIpc) is 2.39. The van der Waals surface area contributed by atoms with E-state index in [1.54, 1.807) is 0 Å². The zero-order valence-electron chi connectivity index (χ0n) is 10.3. The highest BCUT2D eigenvalue weighted by molar-refractivity contribution is 6.31. The van der Waals surface area contributed by atoms with Crippen LogP contribution in [0.1, 0.15) is 24.8 Å². The Morgan fingerprint density at radius 3 is 2.78 bits per heavy atom. The summed E-state index contributed by atoms with van der Waals surface area (Å²) < 4.78 is 5.28. The molecule has 98 valence electrons. The van der Waals surface area contributed by atoms with E-state index in [9.17, 15) is 4.79 Å². The fourth-order valence-electron chi connectivity index (χ4n) is 2.12. The Morgan fingerprint density at radius 2 is 2.06 bits per heavy atom. The number of carbonyl (C=O) groups excluding carboxylic acids is 1. The normalized spacial score (nSPS) is 16.5. The highest BCUT2D eigenvalue weighted by Gasteiger charge is 2.17. The van der Waals surface area contributed by atoms with E-state index < -0.39 is 0 Å². The van der Waals surface area contributed by atoms with Crippen LogP contribution < -0.4 is 5.32 Å². The molecule has 0 atom stereocenters. The van der Waals surface area contributed by atoms with E-state index in [-0.39, 0.29) is 5.91 Å². The molecule has 1 aromatic carbocycles. The number of hydrogen-bond acceptors (Lipinski definition) is 2. The summed E-state index contributed by atoms with van der Waals surface area (Å²) in [5.74, 6) is 0.562. The van der Waals surface area contributed by atoms with Gasteiger partial charge in [-0.2, -0.15) is 0 Å². The van der Waals surface area contributed by atoms with Gasteiger partial charge in [0.1, 0.15) is 0 Å². The number of benzene rings is 1. The predicted octanol–water partition coefficient (Wildman–Crippen LogP) is 2.77. The van der Waals surface area contributed by atoms with E-state index >= 15 is 0 Å². The number of amides is 1. The smallest absolute Gasteiger partial charge is 0.220 e. The van der Waals surface area contributed by atoms with Crippen molar-refractivity contribution in [3.8, 4) is 0 Å². The van der Waals surface area contributed by atoms with Crippen LogP contribution in [0, 0.1) is 5.92 Å². The molecule has 0 aliphatic carbocycles. The molecule has 1 amide bonds. The monoisotopic (exact) mass is 267 g/mol. The molecule has 0 aromatic heterocycles. The lowest BCUT2D eigenvalue weighted by Crippen LogP contribution is -2.27. The Balaban J connectivity index is 1.76. The summed E-state index contributed by atoms with van der Waals surface area (Å²) >= 11 is 6.03. The second kappa shape index (κ2) is 6.76. The van der Waals surface area contributed by atoms with Gasteiger partial charge in [-0.15, -0.1) is 0 Å². The third-order valence-electron chi connectivity index (χ3n) is 3.25. The van der Waals surface area contributed by atoms with Gasteiger partial charge >= 0.3 is 0 Å². The van der Waals surface area contributed by atoms with Gasteiger partial charge in [0.25, 0.3) is 0 Å². The van der Waals surface area contributed by atoms with Crippen molar-refractivity contribution < 1.29 is 9.53 Å². The van der Waals surface area contributed by atoms with Gasteiger partial charge in [-0.25, -0.2) is 0 Å². The summed E-state index contributed by atoms with van der Waals surface area (Å²) in [4.78, 5) is 11.8. The molecule has 0 unspecified atom stereocenters. The van der Waals surface area contributed by atoms with Crippen molar-refractivity contribution in [1.29, 1.82) is 0 Å². The number of ether oxygens (including phenoxy) is 1. The van der Waals surface area contributed by atoms with Crippen molar-refractivity contribution in [1.82, 2.24) is 5.32 Å². The third-order valence-corrected chi connectivity index (χ3v) is 3.62. The molecule has 2 rings (SSSR count). The maximum atomic E-state index is 11.8. The minimum atomic E-state index is 0.0989. The lowest BCUT2D eigenvalue weighted by atomic mass is 9.96. The Bertz CT molecular complexity index is 403. The van der Waals surface area contributed by atoms with Crippen LogP contribution in [0.15, 0.2) is 24.3 Å². The zero-order valence-corrected chi connectivity index (χ0v) is 11.1. The summed E-state index contributed by atoms with van der Waals surface area (Å²) in [6.45, 7) is 2.06. The van der Waals surface area contributed by atoms with E-state index in [4.69, 9.17) is 16.3 Å². The van der Waals surface area contributed by atoms with Gasteiger partial charge in [-0.3, -0.25) is 4.79 Å². The minimum absolute atomic E-state index is 0.0989. The summed E-state index contributed by atoms with van der Waals surface area (Å²) in [6.07, 6.45) is 2.56. The minimum Gasteiger partial charge on any atom is -0.381 e. The van der Waals surface area contributed by atoms with Crippen molar-refractivity contribution in [2.24, 2.45) is 5.92 Å². The Hall–Kier alpha value is -1.06. The summed E-state index contributed by atoms with van der Waals surface area (Å²) in [5, 5.41) is 3.62. The Kier molecular flexibility index (Phi) is 5.02. The van der Waals surface area contributed by atoms with Crippen LogP contribution in [0.3, 0.4) is 0 Å². The lowest BCUT2D eigenvalue weighted by Gasteiger charge is -2.21. The first-order chi connectivity index (χ1) is 8.75. The van der Waals surface area contributed by atoms with Crippen molar-refractivity contribution in [2.45, 2.75) is 25.8 Å². The van der Waals surface area contributed by atoms with E-state index in [1.807, 2.05) is 24.3 Å². The van der Waals surface area contributed by atoms with Gasteiger partial charge in [0.15, 0.2) is 0 Å². The molecular formula is C14H18ClNO2. The van der Waals surface area contributed by atoms with Crippen LogP contribution in [-0.2, 0) is 16.1 Å². The number of carbonyl (C=O) groups is 1. The van der Waals surface area contributed by atoms with Crippen molar-refractivity contribution in [3.05, 3.63) is 34.9 Å². The molecular weight excluding hydrogens is 250 g/mol. The highest BCUT2D eigenvalue weighted by Crippen LogP contribution is 2.18. The lowest BCUT2D eigenvalue weighted by molar-refractivity contribution is -0.122. The molecule has 1 aromatic rings. The first-order valence-electron chi connectivity index (χ1n) is 6.33. The molecule has 1 fully saturated rings. The van der Waals surface area contributed by atoms with Crippen LogP contribution in [-0.4, -0.2) is 19.1 Å². The SMILES string of the molecule is O=C(CC1CCOCC1)NCc1ccccc1Cl. The molecule has 0 radical (unpaired) electrons. The molecule has 1 N–H and O–H groups in total. The van der Waals surface area contributed by atoms with E-state index in [1.165, 1.54) is 0 Å². The maximum absolute atomic E-state index is 11.8. The molecule has 0 bridgehead atoms. The molecule has 1 saturated heterocycles. The van der Waals surface area contributed by atoms with E-state index in [0.29, 0.717) is 23.9 Å². The van der Waals surface area contributed by atoms with Gasteiger partial charge in [-0.1, -0.05) is 29.8 Å². The molecule has 0 saturated carbocycles. The van der Waals surface area contributed by atoms with Crippen LogP contribution in [0.25, 0.3) is 0 Å². The standard InChI is InChI=1S/C14H18ClNO2/c15-13-4-2-1-3-12(13)10-16-14(17)9-11-5-7-18-8-6-11/h1-4,11H,5-10H2,(H,16,17). The van der Waals surface area contributed by atoms with Crippen LogP contribution >= 0.6 is 11.6 Å². The summed E-state index contributed by atoms with van der Waals surface area (Å²) in [5.41, 5.74) is 0.958. The quantitative estimate of drug-likeness (QED) is 0.911. The molecule has 1 aliphatic rings. The van der Waals surface area contributed by atoms with Crippen LogP contribution in [0.2, 0.25) is 5.02 Å². The second-order valence-electron chi connectivity index (χ2n) is 4.63. The van der Waals surface area contributed by atoms with Crippen molar-refractivity contribution in [2.75, 3.05) is 13.2 Å². The van der Waals surface area contributed by atoms with Crippen molar-refractivity contribution >= 4 is 17.5 Å². The van der Waals surface area contributed by atoms with E-state index in [2.05, 4.69) is 5.32 Å². The van der Waals surface area contributed by atoms with Gasteiger partial charge in [0.05, 0.1) is 0 Å². The zero-order chi connectivity index (χ0) is 12.8. The second-order valence-corrected chi connectivity index (χ2v) is 5.04. The summed E-state index contributed by atoms with van der Waals surface area (Å²) in [7, 11) is 0. The average molecular weight is 268 g/mol. The van der Waals surface area contributed by atoms with Crippen molar-refractivity contribution in [3.63, 3.8) is 0 Å². The first-order valence-corrected chi connectivity index (χ1v) is 6.71. The van der Waals surface area contributed by atoms with Crippen LogP contribution in [0.5, 0.6) is 0 Å². The summed E-state index contributed by atoms with van der Waals surface area (Å²) in [6, 6.07) is 7.57. The number of nitrogens with one attached hydrogen (secondary N) is 1. The highest BCUT2D eigenvalue weighted by atomic mass is 35.5. The molecule has 3 nitrogen and oxygen atoms in total. The molecule has 0 spiro atoms. The van der Waals surface area contributed by atoms with Gasteiger partial charge in [0.2, 0.25) is 5.91 Å². The Morgan fingerprint density at radius 1 is 1.33 bits per heavy atom. The van der Waals surface area contributed by atoms with Gasteiger partial charge < -0.3 is 10.1 Å². The predicted molar refractivity (Wildman–Crippen MR) is 71.5 cm³/mol. The van der Waals surface area contributed by atoms with Gasteiger partial charge in [0, 0.05) is 31.2 Å². The number of hydrogen-bond donors (Lipinski definition) is 1. The number of rotatable bonds is 4. The molecule has 18 heavy (non-hydrogen) atoms. The molecule has 4 heteroatoms. The number of halogens is 1. The largest absolute Gasteiger partial charge is 0.381 e. The van der Waals surface area contributed by atoms with Crippen LogP contribution in [0.4, 0.5) is 0 Å². The fourth-order valence-corrected chi connectivity index (χ4v) is 2.32. The maximum Gasteiger partial charge on any atom is 0.220 e. The third kappa shape index (κ3) is 4.00. The van der Waals surface area contributed by atoms with Gasteiger partial charge in [-0.05, 0) is 30.4 Å². The topological polar surface area (TPSA) is 38.3 Å². The first kappa shape index (κ1) is 13.4. The molecule has 1 heterocycles. The molecule has 1 aliphatic heterocycles.